The van der Waals surface area contributed by atoms with Crippen molar-refractivity contribution in [2.45, 2.75) is 51.5 Å². The van der Waals surface area contributed by atoms with Crippen LogP contribution < -0.4 is 10.2 Å². The smallest absolute Gasteiger partial charge is 0.136 e. The Bertz CT molecular complexity index is 682. The van der Waals surface area contributed by atoms with E-state index >= 15 is 0 Å². The number of benzene rings is 1. The fourth-order valence-electron chi connectivity index (χ4n) is 3.35. The Morgan fingerprint density at radius 1 is 1.14 bits per heavy atom. The minimum atomic E-state index is 0.552. The van der Waals surface area contributed by atoms with Crippen molar-refractivity contribution in [2.24, 2.45) is 0 Å². The maximum absolute atomic E-state index is 4.83. The van der Waals surface area contributed by atoms with Gasteiger partial charge < -0.3 is 10.2 Å². The molecule has 0 radical (unpaired) electrons. The summed E-state index contributed by atoms with van der Waals surface area (Å²) < 4.78 is 0. The van der Waals surface area contributed by atoms with E-state index in [4.69, 9.17) is 4.98 Å². The highest BCUT2D eigenvalue weighted by molar-refractivity contribution is 6.00. The van der Waals surface area contributed by atoms with Crippen LogP contribution in [0.1, 0.15) is 51.0 Å². The number of nitrogens with zero attached hydrogens (tertiary/aromatic N) is 2. The Hall–Kier alpha value is -1.77. The Morgan fingerprint density at radius 3 is 2.59 bits per heavy atom. The van der Waals surface area contributed by atoms with Crippen molar-refractivity contribution in [3.63, 3.8) is 0 Å². The molecule has 3 heteroatoms. The summed E-state index contributed by atoms with van der Waals surface area (Å²) in [7, 11) is 0. The van der Waals surface area contributed by atoms with Gasteiger partial charge in [0, 0.05) is 29.9 Å². The lowest BCUT2D eigenvalue weighted by atomic mass is 9.99. The van der Waals surface area contributed by atoms with Crippen molar-refractivity contribution < 1.29 is 0 Å². The number of aromatic nitrogens is 1. The fourth-order valence-corrected chi connectivity index (χ4v) is 3.35. The monoisotopic (exact) mass is 295 g/mol. The van der Waals surface area contributed by atoms with Crippen molar-refractivity contribution in [2.75, 3.05) is 23.3 Å². The summed E-state index contributed by atoms with van der Waals surface area (Å²) >= 11 is 0. The maximum Gasteiger partial charge on any atom is 0.136 e. The Kier molecular flexibility index (Phi) is 3.44. The lowest BCUT2D eigenvalue weighted by Crippen LogP contribution is -2.19. The van der Waals surface area contributed by atoms with Gasteiger partial charge in [-0.2, -0.15) is 0 Å². The number of pyridine rings is 1. The number of rotatable bonds is 4. The molecule has 2 fully saturated rings. The molecule has 0 unspecified atom stereocenters. The lowest BCUT2D eigenvalue weighted by molar-refractivity contribution is 0.868. The van der Waals surface area contributed by atoms with Gasteiger partial charge in [-0.3, -0.25) is 0 Å². The predicted octanol–water partition coefficient (Wildman–Crippen LogP) is 4.53. The third kappa shape index (κ3) is 2.53. The van der Waals surface area contributed by atoms with Gasteiger partial charge in [0.05, 0.1) is 11.9 Å². The average Bonchev–Trinajstić information content (AvgIpc) is 3.17. The van der Waals surface area contributed by atoms with Crippen molar-refractivity contribution in [1.29, 1.82) is 0 Å². The van der Waals surface area contributed by atoms with Gasteiger partial charge in [-0.05, 0) is 43.2 Å². The van der Waals surface area contributed by atoms with Crippen LogP contribution in [0.3, 0.4) is 0 Å². The first-order valence-corrected chi connectivity index (χ1v) is 8.66. The molecule has 4 rings (SSSR count). The quantitative estimate of drug-likeness (QED) is 0.898. The zero-order valence-electron chi connectivity index (χ0n) is 13.6. The van der Waals surface area contributed by atoms with Crippen LogP contribution >= 0.6 is 0 Å². The number of nitrogens with one attached hydrogen (secondary N) is 1. The van der Waals surface area contributed by atoms with Crippen LogP contribution in [0.5, 0.6) is 0 Å². The van der Waals surface area contributed by atoms with Crippen molar-refractivity contribution in [1.82, 2.24) is 4.98 Å². The van der Waals surface area contributed by atoms with Gasteiger partial charge in [-0.25, -0.2) is 4.98 Å². The highest BCUT2D eigenvalue weighted by atomic mass is 15.2. The summed E-state index contributed by atoms with van der Waals surface area (Å²) in [6, 6.07) is 7.58. The molecule has 1 aliphatic carbocycles. The molecular formula is C19H25N3. The Morgan fingerprint density at radius 2 is 1.91 bits per heavy atom. The normalized spacial score (nSPS) is 18.4. The summed E-state index contributed by atoms with van der Waals surface area (Å²) in [5, 5.41) is 6.29. The second kappa shape index (κ2) is 5.45. The first kappa shape index (κ1) is 13.9. The summed E-state index contributed by atoms with van der Waals surface area (Å²) in [4.78, 5) is 7.29. The Balaban J connectivity index is 1.84. The van der Waals surface area contributed by atoms with Crippen LogP contribution in [0, 0.1) is 0 Å². The third-order valence-corrected chi connectivity index (χ3v) is 4.90. The molecule has 116 valence electrons. The average molecular weight is 295 g/mol. The number of fused-ring (bicyclic) bond motifs is 1. The minimum absolute atomic E-state index is 0.552. The topological polar surface area (TPSA) is 28.2 Å². The van der Waals surface area contributed by atoms with Crippen LogP contribution in [0.25, 0.3) is 10.8 Å². The van der Waals surface area contributed by atoms with E-state index in [0.717, 1.165) is 13.1 Å². The largest absolute Gasteiger partial charge is 0.381 e. The van der Waals surface area contributed by atoms with Gasteiger partial charge in [-0.1, -0.05) is 26.0 Å². The SMILES string of the molecule is CC(C)c1ccc2c(NC3CC3)cnc(N3CCCC3)c2c1. The first-order valence-electron chi connectivity index (χ1n) is 8.66. The molecule has 0 atom stereocenters. The summed E-state index contributed by atoms with van der Waals surface area (Å²) in [6.07, 6.45) is 7.20. The van der Waals surface area contributed by atoms with Crippen molar-refractivity contribution in [3.05, 3.63) is 30.0 Å². The summed E-state index contributed by atoms with van der Waals surface area (Å²) in [6.45, 7) is 6.81. The van der Waals surface area contributed by atoms with Crippen molar-refractivity contribution in [3.8, 4) is 0 Å². The standard InChI is InChI=1S/C19H25N3/c1-13(2)14-5-8-16-17(11-14)19(22-9-3-4-10-22)20-12-18(16)21-15-6-7-15/h5,8,11-13,15,21H,3-4,6-7,9-10H2,1-2H3. The molecule has 0 amide bonds. The second-order valence-electron chi connectivity index (χ2n) is 7.07. The van der Waals surface area contributed by atoms with Gasteiger partial charge in [0.1, 0.15) is 5.82 Å². The number of hydrogen-bond acceptors (Lipinski definition) is 3. The molecule has 3 nitrogen and oxygen atoms in total. The molecule has 2 heterocycles. The van der Waals surface area contributed by atoms with Gasteiger partial charge in [0.15, 0.2) is 0 Å². The van der Waals surface area contributed by atoms with Crippen LogP contribution in [0.15, 0.2) is 24.4 Å². The fraction of sp³-hybridized carbons (Fsp3) is 0.526. The summed E-state index contributed by atoms with van der Waals surface area (Å²) in [5.41, 5.74) is 2.61. The molecule has 1 aromatic carbocycles. The highest BCUT2D eigenvalue weighted by Gasteiger charge is 2.23. The van der Waals surface area contributed by atoms with Crippen molar-refractivity contribution >= 4 is 22.3 Å². The van der Waals surface area contributed by atoms with E-state index in [1.165, 1.54) is 53.5 Å². The highest BCUT2D eigenvalue weighted by Crippen LogP contribution is 2.36. The van der Waals surface area contributed by atoms with Gasteiger partial charge in [0.25, 0.3) is 0 Å². The van der Waals surface area contributed by atoms with Crippen LogP contribution in [0.4, 0.5) is 11.5 Å². The molecule has 1 saturated heterocycles. The van der Waals surface area contributed by atoms with Gasteiger partial charge in [0.2, 0.25) is 0 Å². The zero-order chi connectivity index (χ0) is 15.1. The summed E-state index contributed by atoms with van der Waals surface area (Å²) in [5.74, 6) is 1.73. The molecule has 1 aliphatic heterocycles. The first-order chi connectivity index (χ1) is 10.7. The predicted molar refractivity (Wildman–Crippen MR) is 93.9 cm³/mol. The minimum Gasteiger partial charge on any atom is -0.381 e. The van der Waals surface area contributed by atoms with E-state index in [0.29, 0.717) is 12.0 Å². The third-order valence-electron chi connectivity index (χ3n) is 4.90. The molecule has 0 bridgehead atoms. The Labute approximate surface area is 132 Å². The van der Waals surface area contributed by atoms with E-state index in [2.05, 4.69) is 42.3 Å². The van der Waals surface area contributed by atoms with E-state index in [-0.39, 0.29) is 0 Å². The lowest BCUT2D eigenvalue weighted by Gasteiger charge is -2.21. The molecular weight excluding hydrogens is 270 g/mol. The van der Waals surface area contributed by atoms with Gasteiger partial charge >= 0.3 is 0 Å². The van der Waals surface area contributed by atoms with Crippen LogP contribution in [-0.2, 0) is 0 Å². The zero-order valence-corrected chi connectivity index (χ0v) is 13.6. The van der Waals surface area contributed by atoms with E-state index in [1.807, 2.05) is 6.20 Å². The van der Waals surface area contributed by atoms with Gasteiger partial charge in [-0.15, -0.1) is 0 Å². The number of hydrogen-bond donors (Lipinski definition) is 1. The van der Waals surface area contributed by atoms with E-state index in [1.54, 1.807) is 0 Å². The van der Waals surface area contributed by atoms with E-state index in [9.17, 15) is 0 Å². The maximum atomic E-state index is 4.83. The molecule has 1 saturated carbocycles. The van der Waals surface area contributed by atoms with E-state index < -0.39 is 0 Å². The van der Waals surface area contributed by atoms with Crippen LogP contribution in [0.2, 0.25) is 0 Å². The molecule has 2 aliphatic rings. The number of anilines is 2. The van der Waals surface area contributed by atoms with Crippen LogP contribution in [-0.4, -0.2) is 24.1 Å². The molecule has 2 aromatic rings. The molecule has 1 N–H and O–H groups in total. The molecule has 0 spiro atoms. The molecule has 22 heavy (non-hydrogen) atoms. The second-order valence-corrected chi connectivity index (χ2v) is 7.07. The molecule has 1 aromatic heterocycles.